The van der Waals surface area contributed by atoms with Gasteiger partial charge in [-0.25, -0.2) is 4.79 Å². The Morgan fingerprint density at radius 3 is 2.43 bits per heavy atom. The fourth-order valence-electron chi connectivity index (χ4n) is 2.03. The van der Waals surface area contributed by atoms with Crippen molar-refractivity contribution in [3.8, 4) is 0 Å². The first kappa shape index (κ1) is 11.2. The molecule has 3 heteroatoms. The van der Waals surface area contributed by atoms with Crippen molar-refractivity contribution in [2.45, 2.75) is 45.1 Å². The van der Waals surface area contributed by atoms with Gasteiger partial charge in [0.1, 0.15) is 0 Å². The number of carboxylic acid groups (broad SMARTS) is 1. The molecule has 0 amide bonds. The maximum Gasteiger partial charge on any atom is 0.331 e. The Morgan fingerprint density at radius 2 is 2.07 bits per heavy atom. The number of carboxylic acids is 1. The summed E-state index contributed by atoms with van der Waals surface area (Å²) in [6, 6.07) is 0. The number of hydrogen-bond donors (Lipinski definition) is 1. The summed E-state index contributed by atoms with van der Waals surface area (Å²) < 4.78 is 5.24. The summed E-state index contributed by atoms with van der Waals surface area (Å²) in [5.41, 5.74) is 1.73. The SMILES string of the molecule is CCC(C(=O)O)=C1CCC(OC)CC1. The van der Waals surface area contributed by atoms with Gasteiger partial charge in [-0.3, -0.25) is 0 Å². The van der Waals surface area contributed by atoms with Gasteiger partial charge in [0.25, 0.3) is 0 Å². The van der Waals surface area contributed by atoms with Crippen LogP contribution in [0.25, 0.3) is 0 Å². The lowest BCUT2D eigenvalue weighted by atomic mass is 9.88. The second kappa shape index (κ2) is 5.15. The minimum atomic E-state index is -0.752. The fraction of sp³-hybridized carbons (Fsp3) is 0.727. The van der Waals surface area contributed by atoms with Crippen LogP contribution >= 0.6 is 0 Å². The molecule has 1 aliphatic carbocycles. The first-order valence-electron chi connectivity index (χ1n) is 5.16. The zero-order valence-electron chi connectivity index (χ0n) is 8.88. The van der Waals surface area contributed by atoms with Gasteiger partial charge in [0.2, 0.25) is 0 Å². The number of rotatable bonds is 3. The summed E-state index contributed by atoms with van der Waals surface area (Å²) in [5.74, 6) is -0.752. The third-order valence-electron chi connectivity index (χ3n) is 2.91. The topological polar surface area (TPSA) is 46.5 Å². The summed E-state index contributed by atoms with van der Waals surface area (Å²) in [6.45, 7) is 1.90. The molecule has 0 radical (unpaired) electrons. The van der Waals surface area contributed by atoms with Crippen molar-refractivity contribution in [3.63, 3.8) is 0 Å². The lowest BCUT2D eigenvalue weighted by molar-refractivity contribution is -0.132. The summed E-state index contributed by atoms with van der Waals surface area (Å²) in [6.07, 6.45) is 4.64. The van der Waals surface area contributed by atoms with Gasteiger partial charge < -0.3 is 9.84 Å². The van der Waals surface area contributed by atoms with Crippen molar-refractivity contribution in [2.75, 3.05) is 7.11 Å². The lowest BCUT2D eigenvalue weighted by Crippen LogP contribution is -2.17. The highest BCUT2D eigenvalue weighted by atomic mass is 16.5. The van der Waals surface area contributed by atoms with Crippen LogP contribution in [0.1, 0.15) is 39.0 Å². The maximum absolute atomic E-state index is 10.9. The smallest absolute Gasteiger partial charge is 0.331 e. The zero-order valence-corrected chi connectivity index (χ0v) is 8.88. The molecular formula is C11H18O3. The highest BCUT2D eigenvalue weighted by molar-refractivity contribution is 5.87. The molecule has 3 nitrogen and oxygen atoms in total. The van der Waals surface area contributed by atoms with Crippen molar-refractivity contribution < 1.29 is 14.6 Å². The van der Waals surface area contributed by atoms with Crippen LogP contribution in [-0.2, 0) is 9.53 Å². The maximum atomic E-state index is 10.9. The Hall–Kier alpha value is -0.830. The average Bonchev–Trinajstić information content (AvgIpc) is 2.19. The van der Waals surface area contributed by atoms with Crippen molar-refractivity contribution in [2.24, 2.45) is 0 Å². The number of carbonyl (C=O) groups is 1. The van der Waals surface area contributed by atoms with Gasteiger partial charge in [0, 0.05) is 12.7 Å². The number of hydrogen-bond acceptors (Lipinski definition) is 2. The van der Waals surface area contributed by atoms with E-state index in [-0.39, 0.29) is 0 Å². The van der Waals surface area contributed by atoms with E-state index < -0.39 is 5.97 Å². The second-order valence-corrected chi connectivity index (χ2v) is 3.68. The minimum absolute atomic E-state index is 0.325. The van der Waals surface area contributed by atoms with Crippen LogP contribution in [0.15, 0.2) is 11.1 Å². The molecule has 0 heterocycles. The molecule has 0 saturated heterocycles. The number of methoxy groups -OCH3 is 1. The standard InChI is InChI=1S/C11H18O3/c1-3-10(11(12)13)8-4-6-9(14-2)7-5-8/h9H,3-7H2,1-2H3,(H,12,13). The average molecular weight is 198 g/mol. The Labute approximate surface area is 84.8 Å². The molecular weight excluding hydrogens is 180 g/mol. The number of ether oxygens (including phenoxy) is 1. The molecule has 0 aromatic rings. The molecule has 1 N–H and O–H groups in total. The van der Waals surface area contributed by atoms with Crippen LogP contribution in [0.4, 0.5) is 0 Å². The summed E-state index contributed by atoms with van der Waals surface area (Å²) in [7, 11) is 1.72. The van der Waals surface area contributed by atoms with E-state index in [1.165, 1.54) is 0 Å². The van der Waals surface area contributed by atoms with Crippen molar-refractivity contribution in [1.29, 1.82) is 0 Å². The summed E-state index contributed by atoms with van der Waals surface area (Å²) in [5, 5.41) is 8.96. The molecule has 0 unspecified atom stereocenters. The second-order valence-electron chi connectivity index (χ2n) is 3.68. The minimum Gasteiger partial charge on any atom is -0.478 e. The van der Waals surface area contributed by atoms with Gasteiger partial charge in [-0.15, -0.1) is 0 Å². The quantitative estimate of drug-likeness (QED) is 0.708. The molecule has 1 aliphatic rings. The van der Waals surface area contributed by atoms with Crippen LogP contribution < -0.4 is 0 Å². The normalized spacial score (nSPS) is 22.1. The predicted octanol–water partition coefficient (Wildman–Crippen LogP) is 2.37. The van der Waals surface area contributed by atoms with Crippen LogP contribution in [0.3, 0.4) is 0 Å². The van der Waals surface area contributed by atoms with Gasteiger partial charge in [-0.2, -0.15) is 0 Å². The summed E-state index contributed by atoms with van der Waals surface area (Å²) >= 11 is 0. The molecule has 1 rings (SSSR count). The van der Waals surface area contributed by atoms with E-state index >= 15 is 0 Å². The molecule has 0 aromatic heterocycles. The zero-order chi connectivity index (χ0) is 10.6. The van der Waals surface area contributed by atoms with Gasteiger partial charge in [0.05, 0.1) is 6.10 Å². The number of aliphatic carboxylic acids is 1. The molecule has 0 atom stereocenters. The molecule has 0 aliphatic heterocycles. The van der Waals surface area contributed by atoms with E-state index in [1.54, 1.807) is 7.11 Å². The van der Waals surface area contributed by atoms with E-state index in [2.05, 4.69) is 0 Å². The molecule has 0 spiro atoms. The predicted molar refractivity (Wildman–Crippen MR) is 54.2 cm³/mol. The van der Waals surface area contributed by atoms with Gasteiger partial charge in [-0.1, -0.05) is 12.5 Å². The highest BCUT2D eigenvalue weighted by Crippen LogP contribution is 2.28. The highest BCUT2D eigenvalue weighted by Gasteiger charge is 2.20. The van der Waals surface area contributed by atoms with Gasteiger partial charge >= 0.3 is 5.97 Å². The van der Waals surface area contributed by atoms with E-state index in [0.717, 1.165) is 31.3 Å². The van der Waals surface area contributed by atoms with Crippen molar-refractivity contribution in [1.82, 2.24) is 0 Å². The molecule has 1 fully saturated rings. The molecule has 0 aromatic carbocycles. The lowest BCUT2D eigenvalue weighted by Gasteiger charge is -2.23. The van der Waals surface area contributed by atoms with Crippen LogP contribution in [0.5, 0.6) is 0 Å². The largest absolute Gasteiger partial charge is 0.478 e. The Bertz CT molecular complexity index is 233. The Kier molecular flexibility index (Phi) is 4.14. The van der Waals surface area contributed by atoms with Crippen LogP contribution in [0.2, 0.25) is 0 Å². The van der Waals surface area contributed by atoms with E-state index in [0.29, 0.717) is 18.1 Å². The van der Waals surface area contributed by atoms with Crippen LogP contribution in [-0.4, -0.2) is 24.3 Å². The summed E-state index contributed by atoms with van der Waals surface area (Å²) in [4.78, 5) is 10.9. The van der Waals surface area contributed by atoms with E-state index in [1.807, 2.05) is 6.92 Å². The van der Waals surface area contributed by atoms with Crippen molar-refractivity contribution >= 4 is 5.97 Å². The Balaban J connectivity index is 2.66. The van der Waals surface area contributed by atoms with E-state index in [9.17, 15) is 4.79 Å². The third-order valence-corrected chi connectivity index (χ3v) is 2.91. The van der Waals surface area contributed by atoms with E-state index in [4.69, 9.17) is 9.84 Å². The molecule has 80 valence electrons. The molecule has 0 bridgehead atoms. The number of allylic oxidation sites excluding steroid dienone is 1. The molecule has 1 saturated carbocycles. The van der Waals surface area contributed by atoms with Crippen molar-refractivity contribution in [3.05, 3.63) is 11.1 Å². The third kappa shape index (κ3) is 2.58. The fourth-order valence-corrected chi connectivity index (χ4v) is 2.03. The monoisotopic (exact) mass is 198 g/mol. The first-order valence-corrected chi connectivity index (χ1v) is 5.16. The Morgan fingerprint density at radius 1 is 1.50 bits per heavy atom. The molecule has 14 heavy (non-hydrogen) atoms. The first-order chi connectivity index (χ1) is 6.69. The van der Waals surface area contributed by atoms with Gasteiger partial charge in [0.15, 0.2) is 0 Å². The van der Waals surface area contributed by atoms with Crippen LogP contribution in [0, 0.1) is 0 Å². The van der Waals surface area contributed by atoms with Gasteiger partial charge in [-0.05, 0) is 32.1 Å².